The van der Waals surface area contributed by atoms with Gasteiger partial charge in [-0.3, -0.25) is 4.79 Å². The van der Waals surface area contributed by atoms with Crippen LogP contribution in [0.3, 0.4) is 0 Å². The van der Waals surface area contributed by atoms with Gasteiger partial charge in [0, 0.05) is 25.6 Å². The van der Waals surface area contributed by atoms with Crippen LogP contribution in [0.4, 0.5) is 0 Å². The van der Waals surface area contributed by atoms with Crippen molar-refractivity contribution in [1.82, 2.24) is 4.90 Å². The minimum atomic E-state index is -0.0833. The number of hydrogen-bond acceptors (Lipinski definition) is 5. The number of likely N-dealkylation sites (tertiary alicyclic amines) is 1. The van der Waals surface area contributed by atoms with E-state index in [0.29, 0.717) is 25.9 Å². The number of carbonyl (C=O) groups excluding carboxylic acids is 1. The molecule has 1 amide bonds. The summed E-state index contributed by atoms with van der Waals surface area (Å²) in [6.07, 6.45) is 1.13. The molecule has 0 spiro atoms. The van der Waals surface area contributed by atoms with Gasteiger partial charge in [0.1, 0.15) is 11.5 Å². The molecule has 2 aliphatic heterocycles. The summed E-state index contributed by atoms with van der Waals surface area (Å²) in [6.45, 7) is 3.37. The smallest absolute Gasteiger partial charge is 0.231 e. The van der Waals surface area contributed by atoms with Crippen molar-refractivity contribution in [3.63, 3.8) is 0 Å². The SMILES string of the molecule is Cc1ccc([C@H]2CN(C(=O)CCc3ccc4c(c3)OCO4)C[C@@H]2N)o1. The number of nitrogens with zero attached hydrogens (tertiary/aromatic N) is 1. The van der Waals surface area contributed by atoms with Gasteiger partial charge >= 0.3 is 0 Å². The summed E-state index contributed by atoms with van der Waals surface area (Å²) in [4.78, 5) is 14.4. The van der Waals surface area contributed by atoms with Crippen LogP contribution in [0, 0.1) is 6.92 Å². The lowest BCUT2D eigenvalue weighted by molar-refractivity contribution is -0.130. The highest BCUT2D eigenvalue weighted by Gasteiger charge is 2.35. The van der Waals surface area contributed by atoms with Gasteiger partial charge in [0.2, 0.25) is 12.7 Å². The molecule has 3 heterocycles. The third-order valence-corrected chi connectivity index (χ3v) is 4.91. The van der Waals surface area contributed by atoms with Crippen LogP contribution in [0.25, 0.3) is 0 Å². The van der Waals surface area contributed by atoms with Gasteiger partial charge in [0.25, 0.3) is 0 Å². The van der Waals surface area contributed by atoms with Crippen LogP contribution in [0.1, 0.15) is 29.4 Å². The summed E-state index contributed by atoms with van der Waals surface area (Å²) in [5.41, 5.74) is 7.30. The number of amides is 1. The molecule has 0 radical (unpaired) electrons. The second-order valence-corrected chi connectivity index (χ2v) is 6.71. The van der Waals surface area contributed by atoms with Gasteiger partial charge in [-0.15, -0.1) is 0 Å². The number of benzene rings is 1. The molecule has 1 fully saturated rings. The van der Waals surface area contributed by atoms with Crippen molar-refractivity contribution in [2.75, 3.05) is 19.9 Å². The maximum atomic E-state index is 12.6. The van der Waals surface area contributed by atoms with Crippen LogP contribution in [0.15, 0.2) is 34.7 Å². The van der Waals surface area contributed by atoms with Crippen molar-refractivity contribution in [3.05, 3.63) is 47.4 Å². The van der Waals surface area contributed by atoms with Gasteiger partial charge in [-0.05, 0) is 43.2 Å². The van der Waals surface area contributed by atoms with E-state index < -0.39 is 0 Å². The second-order valence-electron chi connectivity index (χ2n) is 6.71. The van der Waals surface area contributed by atoms with Crippen LogP contribution < -0.4 is 15.2 Å². The lowest BCUT2D eigenvalue weighted by Crippen LogP contribution is -2.32. The lowest BCUT2D eigenvalue weighted by Gasteiger charge is -2.16. The number of fused-ring (bicyclic) bond motifs is 1. The number of ether oxygens (including phenoxy) is 2. The summed E-state index contributed by atoms with van der Waals surface area (Å²) >= 11 is 0. The highest BCUT2D eigenvalue weighted by Crippen LogP contribution is 2.33. The molecule has 1 aromatic carbocycles. The predicted molar refractivity (Wildman–Crippen MR) is 91.6 cm³/mol. The van der Waals surface area contributed by atoms with Crippen LogP contribution in [-0.2, 0) is 11.2 Å². The zero-order chi connectivity index (χ0) is 17.4. The van der Waals surface area contributed by atoms with Gasteiger partial charge in [-0.25, -0.2) is 0 Å². The van der Waals surface area contributed by atoms with E-state index in [2.05, 4.69) is 0 Å². The fraction of sp³-hybridized carbons (Fsp3) is 0.421. The Bertz CT molecular complexity index is 785. The van der Waals surface area contributed by atoms with Gasteiger partial charge in [0.05, 0.1) is 5.92 Å². The minimum absolute atomic E-state index is 0.0724. The fourth-order valence-corrected chi connectivity index (χ4v) is 3.49. The Morgan fingerprint density at radius 2 is 2.04 bits per heavy atom. The van der Waals surface area contributed by atoms with Crippen LogP contribution in [0.5, 0.6) is 11.5 Å². The molecular weight excluding hydrogens is 320 g/mol. The lowest BCUT2D eigenvalue weighted by atomic mass is 10.0. The Balaban J connectivity index is 1.35. The van der Waals surface area contributed by atoms with Crippen LogP contribution >= 0.6 is 0 Å². The second kappa shape index (κ2) is 6.44. The highest BCUT2D eigenvalue weighted by molar-refractivity contribution is 5.77. The topological polar surface area (TPSA) is 77.9 Å². The first-order valence-corrected chi connectivity index (χ1v) is 8.58. The number of furan rings is 1. The van der Waals surface area contributed by atoms with Crippen molar-refractivity contribution >= 4 is 5.91 Å². The quantitative estimate of drug-likeness (QED) is 0.922. The third-order valence-electron chi connectivity index (χ3n) is 4.91. The molecule has 0 saturated carbocycles. The third kappa shape index (κ3) is 3.22. The Hall–Kier alpha value is -2.47. The minimum Gasteiger partial charge on any atom is -0.466 e. The molecule has 1 aromatic heterocycles. The van der Waals surface area contributed by atoms with E-state index >= 15 is 0 Å². The number of rotatable bonds is 4. The Kier molecular flexibility index (Phi) is 4.13. The standard InChI is InChI=1S/C19H22N2O4/c1-12-2-5-16(25-12)14-9-21(10-15(14)20)19(22)7-4-13-3-6-17-18(8-13)24-11-23-17/h2-3,5-6,8,14-15H,4,7,9-11,20H2,1H3/t14-,15-/m0/s1. The summed E-state index contributed by atoms with van der Waals surface area (Å²) in [6, 6.07) is 9.63. The Morgan fingerprint density at radius 3 is 2.84 bits per heavy atom. The first-order chi connectivity index (χ1) is 12.1. The molecule has 2 aliphatic rings. The largest absolute Gasteiger partial charge is 0.466 e. The molecule has 132 valence electrons. The molecule has 0 unspecified atom stereocenters. The molecule has 2 N–H and O–H groups in total. The van der Waals surface area contributed by atoms with Gasteiger partial charge in [-0.2, -0.15) is 0 Å². The van der Waals surface area contributed by atoms with Crippen LogP contribution in [-0.4, -0.2) is 36.7 Å². The molecule has 6 nitrogen and oxygen atoms in total. The summed E-state index contributed by atoms with van der Waals surface area (Å²) in [5.74, 6) is 3.45. The van der Waals surface area contributed by atoms with Gasteiger partial charge in [0.15, 0.2) is 11.5 Å². The van der Waals surface area contributed by atoms with Crippen molar-refractivity contribution < 1.29 is 18.7 Å². The monoisotopic (exact) mass is 342 g/mol. The zero-order valence-corrected chi connectivity index (χ0v) is 14.2. The van der Waals surface area contributed by atoms with E-state index in [1.807, 2.05) is 42.2 Å². The molecule has 2 aromatic rings. The van der Waals surface area contributed by atoms with E-state index in [1.54, 1.807) is 0 Å². The molecular formula is C19H22N2O4. The number of nitrogens with two attached hydrogens (primary N) is 1. The van der Waals surface area contributed by atoms with E-state index in [-0.39, 0.29) is 24.7 Å². The van der Waals surface area contributed by atoms with Crippen molar-refractivity contribution in [3.8, 4) is 11.5 Å². The Labute approximate surface area is 146 Å². The first kappa shape index (κ1) is 16.0. The van der Waals surface area contributed by atoms with E-state index in [9.17, 15) is 4.79 Å². The van der Waals surface area contributed by atoms with Crippen LogP contribution in [0.2, 0.25) is 0 Å². The first-order valence-electron chi connectivity index (χ1n) is 8.58. The van der Waals surface area contributed by atoms with Crippen molar-refractivity contribution in [2.24, 2.45) is 5.73 Å². The maximum absolute atomic E-state index is 12.6. The number of hydrogen-bond donors (Lipinski definition) is 1. The summed E-state index contributed by atoms with van der Waals surface area (Å²) in [5, 5.41) is 0. The molecule has 2 atom stereocenters. The molecule has 1 saturated heterocycles. The normalized spacial score (nSPS) is 21.8. The fourth-order valence-electron chi connectivity index (χ4n) is 3.49. The summed E-state index contributed by atoms with van der Waals surface area (Å²) < 4.78 is 16.4. The predicted octanol–water partition coefficient (Wildman–Crippen LogP) is 2.20. The number of aryl methyl sites for hydroxylation is 2. The number of carbonyl (C=O) groups is 1. The molecule has 0 bridgehead atoms. The summed E-state index contributed by atoms with van der Waals surface area (Å²) in [7, 11) is 0. The molecule has 25 heavy (non-hydrogen) atoms. The van der Waals surface area contributed by atoms with E-state index in [4.69, 9.17) is 19.6 Å². The maximum Gasteiger partial charge on any atom is 0.231 e. The molecule has 6 heteroatoms. The van der Waals surface area contributed by atoms with Crippen molar-refractivity contribution in [2.45, 2.75) is 31.7 Å². The van der Waals surface area contributed by atoms with Gasteiger partial charge in [-0.1, -0.05) is 6.07 Å². The zero-order valence-electron chi connectivity index (χ0n) is 14.2. The average Bonchev–Trinajstić information content (AvgIpc) is 3.31. The Morgan fingerprint density at radius 1 is 1.20 bits per heavy atom. The average molecular weight is 342 g/mol. The highest BCUT2D eigenvalue weighted by atomic mass is 16.7. The van der Waals surface area contributed by atoms with Crippen molar-refractivity contribution in [1.29, 1.82) is 0 Å². The van der Waals surface area contributed by atoms with Gasteiger partial charge < -0.3 is 24.5 Å². The van der Waals surface area contributed by atoms with E-state index in [0.717, 1.165) is 28.6 Å². The molecule has 0 aliphatic carbocycles. The van der Waals surface area contributed by atoms with E-state index in [1.165, 1.54) is 0 Å². The molecule has 4 rings (SSSR count).